The minimum absolute atomic E-state index is 0.116. The highest BCUT2D eigenvalue weighted by Gasteiger charge is 2.29. The van der Waals surface area contributed by atoms with Gasteiger partial charge in [0.1, 0.15) is 5.82 Å². The molecular formula is C22H23N5O2. The first-order valence-corrected chi connectivity index (χ1v) is 10.0. The normalized spacial score (nSPS) is 15.9. The molecule has 2 aromatic carbocycles. The zero-order chi connectivity index (χ0) is 20.0. The molecule has 7 nitrogen and oxygen atoms in total. The van der Waals surface area contributed by atoms with Crippen molar-refractivity contribution in [1.82, 2.24) is 19.8 Å². The van der Waals surface area contributed by atoms with Gasteiger partial charge in [0, 0.05) is 24.7 Å². The number of rotatable bonds is 4. The van der Waals surface area contributed by atoms with Crippen molar-refractivity contribution in [2.24, 2.45) is 5.73 Å². The molecule has 1 aliphatic heterocycles. The van der Waals surface area contributed by atoms with Crippen LogP contribution in [0.25, 0.3) is 11.0 Å². The van der Waals surface area contributed by atoms with Crippen LogP contribution >= 0.6 is 0 Å². The Morgan fingerprint density at radius 1 is 1.14 bits per heavy atom. The molecule has 1 aromatic heterocycles. The second-order valence-corrected chi connectivity index (χ2v) is 7.76. The molecule has 29 heavy (non-hydrogen) atoms. The first-order chi connectivity index (χ1) is 14.1. The van der Waals surface area contributed by atoms with E-state index in [0.29, 0.717) is 37.7 Å². The minimum atomic E-state index is -0.418. The SMILES string of the molecule is NC(=O)c1cccc2c1CCN(C(=O)NCc1nc3ccccc3n1C1CC1)C2. The van der Waals surface area contributed by atoms with Crippen LogP contribution in [0, 0.1) is 0 Å². The number of urea groups is 1. The summed E-state index contributed by atoms with van der Waals surface area (Å²) < 4.78 is 2.26. The topological polar surface area (TPSA) is 93.2 Å². The van der Waals surface area contributed by atoms with Gasteiger partial charge in [-0.3, -0.25) is 4.79 Å². The Bertz CT molecular complexity index is 1120. The van der Waals surface area contributed by atoms with E-state index >= 15 is 0 Å². The van der Waals surface area contributed by atoms with Crippen LogP contribution in [0.1, 0.15) is 46.2 Å². The fraction of sp³-hybridized carbons (Fsp3) is 0.318. The maximum absolute atomic E-state index is 12.8. The number of amides is 3. The molecule has 7 heteroatoms. The fourth-order valence-electron chi connectivity index (χ4n) is 4.24. The van der Waals surface area contributed by atoms with Crippen molar-refractivity contribution in [2.45, 2.75) is 38.4 Å². The summed E-state index contributed by atoms with van der Waals surface area (Å²) in [7, 11) is 0. The summed E-state index contributed by atoms with van der Waals surface area (Å²) in [6.45, 7) is 1.43. The van der Waals surface area contributed by atoms with Gasteiger partial charge in [0.05, 0.1) is 17.6 Å². The molecule has 1 fully saturated rings. The number of para-hydroxylation sites is 2. The summed E-state index contributed by atoms with van der Waals surface area (Å²) in [4.78, 5) is 30.9. The average Bonchev–Trinajstić information content (AvgIpc) is 3.51. The van der Waals surface area contributed by atoms with E-state index in [1.807, 2.05) is 30.3 Å². The third-order valence-corrected chi connectivity index (χ3v) is 5.80. The molecule has 0 saturated heterocycles. The Hall–Kier alpha value is -3.35. The van der Waals surface area contributed by atoms with Crippen molar-refractivity contribution in [2.75, 3.05) is 6.54 Å². The van der Waals surface area contributed by atoms with Gasteiger partial charge in [-0.1, -0.05) is 24.3 Å². The maximum Gasteiger partial charge on any atom is 0.318 e. The smallest absolute Gasteiger partial charge is 0.318 e. The second-order valence-electron chi connectivity index (χ2n) is 7.76. The number of benzene rings is 2. The molecule has 1 aliphatic carbocycles. The number of hydrogen-bond acceptors (Lipinski definition) is 3. The summed E-state index contributed by atoms with van der Waals surface area (Å²) in [6, 6.07) is 14.0. The summed E-state index contributed by atoms with van der Waals surface area (Å²) in [6.07, 6.45) is 2.95. The van der Waals surface area contributed by atoms with Crippen molar-refractivity contribution >= 4 is 23.0 Å². The van der Waals surface area contributed by atoms with Crippen LogP contribution in [-0.2, 0) is 19.5 Å². The lowest BCUT2D eigenvalue weighted by Gasteiger charge is -2.29. The lowest BCUT2D eigenvalue weighted by Crippen LogP contribution is -2.43. The molecule has 2 heterocycles. The molecule has 0 radical (unpaired) electrons. The van der Waals surface area contributed by atoms with Crippen LogP contribution in [0.5, 0.6) is 0 Å². The Morgan fingerprint density at radius 2 is 1.97 bits per heavy atom. The van der Waals surface area contributed by atoms with E-state index in [4.69, 9.17) is 10.7 Å². The lowest BCUT2D eigenvalue weighted by atomic mass is 9.94. The Labute approximate surface area is 168 Å². The molecule has 0 unspecified atom stereocenters. The van der Waals surface area contributed by atoms with Crippen molar-refractivity contribution in [1.29, 1.82) is 0 Å². The van der Waals surface area contributed by atoms with Crippen LogP contribution in [0.2, 0.25) is 0 Å². The van der Waals surface area contributed by atoms with Gasteiger partial charge in [0.25, 0.3) is 0 Å². The zero-order valence-corrected chi connectivity index (χ0v) is 16.1. The summed E-state index contributed by atoms with van der Waals surface area (Å²) in [5, 5.41) is 3.03. The standard InChI is InChI=1S/C22H23N5O2/c23-21(28)17-5-3-4-14-13-26(11-10-16(14)17)22(29)24-12-20-25-18-6-1-2-7-19(18)27(20)15-8-9-15/h1-7,15H,8-13H2,(H2,23,28)(H,24,29). The molecule has 5 rings (SSSR count). The van der Waals surface area contributed by atoms with Gasteiger partial charge in [0.15, 0.2) is 0 Å². The molecule has 1 saturated carbocycles. The van der Waals surface area contributed by atoms with Crippen LogP contribution in [-0.4, -0.2) is 32.9 Å². The number of fused-ring (bicyclic) bond motifs is 2. The zero-order valence-electron chi connectivity index (χ0n) is 16.1. The predicted molar refractivity (Wildman–Crippen MR) is 109 cm³/mol. The Morgan fingerprint density at radius 3 is 2.76 bits per heavy atom. The van der Waals surface area contributed by atoms with E-state index in [2.05, 4.69) is 16.0 Å². The number of nitrogens with zero attached hydrogens (tertiary/aromatic N) is 3. The number of carbonyl (C=O) groups excluding carboxylic acids is 2. The Kier molecular flexibility index (Phi) is 4.23. The number of nitrogens with two attached hydrogens (primary N) is 1. The van der Waals surface area contributed by atoms with E-state index in [9.17, 15) is 9.59 Å². The first-order valence-electron chi connectivity index (χ1n) is 10.0. The molecular weight excluding hydrogens is 366 g/mol. The third-order valence-electron chi connectivity index (χ3n) is 5.80. The highest BCUT2D eigenvalue weighted by atomic mass is 16.2. The molecule has 148 valence electrons. The summed E-state index contributed by atoms with van der Waals surface area (Å²) in [5.74, 6) is 0.481. The van der Waals surface area contributed by atoms with E-state index in [1.165, 1.54) is 0 Å². The minimum Gasteiger partial charge on any atom is -0.366 e. The van der Waals surface area contributed by atoms with Crippen LogP contribution in [0.3, 0.4) is 0 Å². The molecule has 3 amide bonds. The average molecular weight is 389 g/mol. The quantitative estimate of drug-likeness (QED) is 0.718. The fourth-order valence-corrected chi connectivity index (χ4v) is 4.24. The van der Waals surface area contributed by atoms with E-state index in [1.54, 1.807) is 11.0 Å². The van der Waals surface area contributed by atoms with Crippen molar-refractivity contribution in [3.63, 3.8) is 0 Å². The maximum atomic E-state index is 12.8. The Balaban J connectivity index is 1.31. The van der Waals surface area contributed by atoms with Gasteiger partial charge in [0.2, 0.25) is 5.91 Å². The number of imidazole rings is 1. The number of hydrogen-bond donors (Lipinski definition) is 2. The third kappa shape index (κ3) is 3.22. The number of carbonyl (C=O) groups is 2. The van der Waals surface area contributed by atoms with Crippen LogP contribution in [0.15, 0.2) is 42.5 Å². The summed E-state index contributed by atoms with van der Waals surface area (Å²) >= 11 is 0. The van der Waals surface area contributed by atoms with Gasteiger partial charge in [-0.05, 0) is 48.6 Å². The predicted octanol–water partition coefficient (Wildman–Crippen LogP) is 2.74. The van der Waals surface area contributed by atoms with Gasteiger partial charge in [-0.25, -0.2) is 9.78 Å². The summed E-state index contributed by atoms with van der Waals surface area (Å²) in [5.41, 5.74) is 10.1. The van der Waals surface area contributed by atoms with Gasteiger partial charge < -0.3 is 20.5 Å². The number of nitrogens with one attached hydrogen (secondary N) is 1. The van der Waals surface area contributed by atoms with Gasteiger partial charge in [-0.2, -0.15) is 0 Å². The van der Waals surface area contributed by atoms with Crippen molar-refractivity contribution in [3.8, 4) is 0 Å². The van der Waals surface area contributed by atoms with Gasteiger partial charge in [-0.15, -0.1) is 0 Å². The molecule has 0 bridgehead atoms. The molecule has 0 atom stereocenters. The highest BCUT2D eigenvalue weighted by Crippen LogP contribution is 2.38. The second kappa shape index (κ2) is 6.92. The number of primary amides is 1. The van der Waals surface area contributed by atoms with Crippen molar-refractivity contribution in [3.05, 3.63) is 65.0 Å². The van der Waals surface area contributed by atoms with E-state index in [0.717, 1.165) is 40.8 Å². The van der Waals surface area contributed by atoms with E-state index < -0.39 is 5.91 Å². The van der Waals surface area contributed by atoms with Crippen molar-refractivity contribution < 1.29 is 9.59 Å². The number of aromatic nitrogens is 2. The highest BCUT2D eigenvalue weighted by molar-refractivity contribution is 5.94. The molecule has 3 N–H and O–H groups in total. The molecule has 2 aliphatic rings. The molecule has 3 aromatic rings. The van der Waals surface area contributed by atoms with Gasteiger partial charge >= 0.3 is 6.03 Å². The first kappa shape index (κ1) is 17.7. The molecule has 0 spiro atoms. The largest absolute Gasteiger partial charge is 0.366 e. The lowest BCUT2D eigenvalue weighted by molar-refractivity contribution is 0.0998. The van der Waals surface area contributed by atoms with Crippen LogP contribution < -0.4 is 11.1 Å². The monoisotopic (exact) mass is 389 g/mol. The van der Waals surface area contributed by atoms with Crippen LogP contribution in [0.4, 0.5) is 4.79 Å². The van der Waals surface area contributed by atoms with E-state index in [-0.39, 0.29) is 6.03 Å².